The number of hydrogen-bond donors (Lipinski definition) is 1. The van der Waals surface area contributed by atoms with E-state index in [9.17, 15) is 9.59 Å². The first kappa shape index (κ1) is 20.9. The molecule has 0 aliphatic heterocycles. The number of pyridine rings is 1. The third-order valence-electron chi connectivity index (χ3n) is 4.44. The van der Waals surface area contributed by atoms with Crippen LogP contribution < -0.4 is 10.9 Å². The average molecular weight is 428 g/mol. The highest BCUT2D eigenvalue weighted by molar-refractivity contribution is 6.81. The van der Waals surface area contributed by atoms with Crippen LogP contribution in [0.4, 0.5) is 0 Å². The van der Waals surface area contributed by atoms with Gasteiger partial charge in [-0.2, -0.15) is 0 Å². The molecule has 0 unspecified atom stereocenters. The van der Waals surface area contributed by atoms with Gasteiger partial charge in [0.2, 0.25) is 0 Å². The number of aromatic nitrogens is 1. The molecular formula is C21H16BCl2NO4. The van der Waals surface area contributed by atoms with E-state index in [1.54, 1.807) is 12.1 Å². The van der Waals surface area contributed by atoms with Crippen LogP contribution in [0.2, 0.25) is 10.0 Å². The Morgan fingerprint density at radius 2 is 1.48 bits per heavy atom. The van der Waals surface area contributed by atoms with Crippen molar-refractivity contribution in [3.8, 4) is 0 Å². The molecule has 3 aromatic rings. The summed E-state index contributed by atoms with van der Waals surface area (Å²) in [5.74, 6) is -1.92. The van der Waals surface area contributed by atoms with E-state index in [0.717, 1.165) is 11.1 Å². The van der Waals surface area contributed by atoms with E-state index in [1.807, 2.05) is 38.1 Å². The van der Waals surface area contributed by atoms with Gasteiger partial charge in [-0.15, -0.1) is 0 Å². The lowest BCUT2D eigenvalue weighted by molar-refractivity contribution is 0.0696. The SMILES string of the molecule is Cc1ccc(B(OC(=O)c2cc(C(=O)O)ccn2)c2ccc(C)c(Cl)c2)cc1Cl. The standard InChI is InChI=1S/C21H16BCl2NO4/c1-12-3-5-15(10-17(12)23)22(16-6-4-13(2)18(24)11-16)29-21(28)19-9-14(20(26)27)7-8-25-19/h3-11H,1-2H3,(H,26,27). The smallest absolute Gasteiger partial charge is 0.430 e. The lowest BCUT2D eigenvalue weighted by Crippen LogP contribution is -2.46. The molecule has 146 valence electrons. The van der Waals surface area contributed by atoms with Crippen molar-refractivity contribution in [2.45, 2.75) is 13.8 Å². The van der Waals surface area contributed by atoms with Crippen LogP contribution in [0.5, 0.6) is 0 Å². The molecule has 0 radical (unpaired) electrons. The van der Waals surface area contributed by atoms with E-state index in [4.69, 9.17) is 33.0 Å². The molecule has 0 atom stereocenters. The van der Waals surface area contributed by atoms with Crippen LogP contribution in [-0.2, 0) is 4.65 Å². The highest BCUT2D eigenvalue weighted by Gasteiger charge is 2.28. The molecule has 0 amide bonds. The molecule has 29 heavy (non-hydrogen) atoms. The van der Waals surface area contributed by atoms with Gasteiger partial charge in [0.15, 0.2) is 0 Å². The van der Waals surface area contributed by atoms with Crippen molar-refractivity contribution in [3.05, 3.63) is 87.2 Å². The molecule has 1 aromatic heterocycles. The quantitative estimate of drug-likeness (QED) is 0.628. The maximum Gasteiger partial charge on any atom is 0.430 e. The third-order valence-corrected chi connectivity index (χ3v) is 5.25. The third kappa shape index (κ3) is 4.78. The fourth-order valence-electron chi connectivity index (χ4n) is 2.72. The number of carbonyl (C=O) groups excluding carboxylic acids is 1. The highest BCUT2D eigenvalue weighted by Crippen LogP contribution is 2.16. The highest BCUT2D eigenvalue weighted by atomic mass is 35.5. The fraction of sp³-hybridized carbons (Fsp3) is 0.0952. The van der Waals surface area contributed by atoms with Gasteiger partial charge >= 0.3 is 18.9 Å². The first-order chi connectivity index (χ1) is 13.8. The molecule has 0 bridgehead atoms. The minimum atomic E-state index is -1.16. The molecule has 5 nitrogen and oxygen atoms in total. The Morgan fingerprint density at radius 1 is 0.931 bits per heavy atom. The van der Waals surface area contributed by atoms with Crippen LogP contribution >= 0.6 is 23.2 Å². The minimum Gasteiger partial charge on any atom is -0.521 e. The minimum absolute atomic E-state index is 0.0553. The Kier molecular flexibility index (Phi) is 6.25. The van der Waals surface area contributed by atoms with Crippen LogP contribution in [0.3, 0.4) is 0 Å². The van der Waals surface area contributed by atoms with Crippen molar-refractivity contribution in [3.63, 3.8) is 0 Å². The average Bonchev–Trinajstić information content (AvgIpc) is 2.70. The van der Waals surface area contributed by atoms with Gasteiger partial charge < -0.3 is 9.76 Å². The number of carboxylic acids is 1. The topological polar surface area (TPSA) is 76.5 Å². The van der Waals surface area contributed by atoms with Crippen molar-refractivity contribution >= 4 is 53.0 Å². The number of nitrogens with zero attached hydrogens (tertiary/aromatic N) is 1. The van der Waals surface area contributed by atoms with Crippen molar-refractivity contribution in [2.24, 2.45) is 0 Å². The first-order valence-electron chi connectivity index (χ1n) is 8.68. The second-order valence-corrected chi connectivity index (χ2v) is 7.35. The van der Waals surface area contributed by atoms with Gasteiger partial charge in [0.1, 0.15) is 5.69 Å². The Labute approximate surface area is 178 Å². The summed E-state index contributed by atoms with van der Waals surface area (Å²) in [5.41, 5.74) is 2.93. The molecular weight excluding hydrogens is 412 g/mol. The molecule has 0 saturated heterocycles. The molecule has 8 heteroatoms. The number of carbonyl (C=O) groups is 2. The maximum atomic E-state index is 12.7. The zero-order chi connectivity index (χ0) is 21.1. The molecule has 1 heterocycles. The van der Waals surface area contributed by atoms with Crippen LogP contribution in [-0.4, -0.2) is 28.9 Å². The Balaban J connectivity index is 2.01. The number of halogens is 2. The van der Waals surface area contributed by atoms with Crippen molar-refractivity contribution < 1.29 is 19.3 Å². The summed E-state index contributed by atoms with van der Waals surface area (Å²) in [6, 6.07) is 13.2. The first-order valence-corrected chi connectivity index (χ1v) is 9.44. The van der Waals surface area contributed by atoms with Gasteiger partial charge in [-0.05, 0) is 60.2 Å². The fourth-order valence-corrected chi connectivity index (χ4v) is 3.09. The second kappa shape index (κ2) is 8.68. The largest absolute Gasteiger partial charge is 0.521 e. The second-order valence-electron chi connectivity index (χ2n) is 6.54. The number of aromatic carboxylic acids is 1. The lowest BCUT2D eigenvalue weighted by atomic mass is 9.55. The summed E-state index contributed by atoms with van der Waals surface area (Å²) in [7, 11) is 0. The number of aryl methyl sites for hydroxylation is 2. The molecule has 0 fully saturated rings. The lowest BCUT2D eigenvalue weighted by Gasteiger charge is -2.17. The number of hydrogen-bond acceptors (Lipinski definition) is 4. The number of rotatable bonds is 5. The Morgan fingerprint density at radius 3 is 1.97 bits per heavy atom. The van der Waals surface area contributed by atoms with Gasteiger partial charge in [0.25, 0.3) is 0 Å². The summed E-state index contributed by atoms with van der Waals surface area (Å²) >= 11 is 12.5. The molecule has 0 aliphatic carbocycles. The summed E-state index contributed by atoms with van der Waals surface area (Å²) in [6.45, 7) is 2.95. The number of benzene rings is 2. The van der Waals surface area contributed by atoms with Crippen molar-refractivity contribution in [1.82, 2.24) is 4.98 Å². The number of carboxylic acid groups (broad SMARTS) is 1. The van der Waals surface area contributed by atoms with Gasteiger partial charge in [-0.25, -0.2) is 14.6 Å². The van der Waals surface area contributed by atoms with Crippen molar-refractivity contribution in [2.75, 3.05) is 0 Å². The van der Waals surface area contributed by atoms with E-state index >= 15 is 0 Å². The van der Waals surface area contributed by atoms with Gasteiger partial charge in [0, 0.05) is 16.2 Å². The van der Waals surface area contributed by atoms with E-state index in [0.29, 0.717) is 21.0 Å². The molecule has 3 rings (SSSR count). The Bertz CT molecular complexity index is 1050. The van der Waals surface area contributed by atoms with Crippen LogP contribution in [0.15, 0.2) is 54.7 Å². The predicted molar refractivity (Wildman–Crippen MR) is 114 cm³/mol. The molecule has 0 saturated carbocycles. The van der Waals surface area contributed by atoms with Crippen LogP contribution in [0.25, 0.3) is 0 Å². The molecule has 1 N–H and O–H groups in total. The Hall–Kier alpha value is -2.83. The van der Waals surface area contributed by atoms with E-state index in [2.05, 4.69) is 4.98 Å². The van der Waals surface area contributed by atoms with Crippen molar-refractivity contribution in [1.29, 1.82) is 0 Å². The van der Waals surface area contributed by atoms with E-state index < -0.39 is 18.9 Å². The van der Waals surface area contributed by atoms with Gasteiger partial charge in [0.05, 0.1) is 5.56 Å². The van der Waals surface area contributed by atoms with Gasteiger partial charge in [-0.1, -0.05) is 47.5 Å². The summed E-state index contributed by atoms with van der Waals surface area (Å²) in [5, 5.41) is 10.2. The van der Waals surface area contributed by atoms with E-state index in [1.165, 1.54) is 18.3 Å². The zero-order valence-electron chi connectivity index (χ0n) is 15.6. The predicted octanol–water partition coefficient (Wildman–Crippen LogP) is 3.67. The summed E-state index contributed by atoms with van der Waals surface area (Å²) in [4.78, 5) is 27.8. The summed E-state index contributed by atoms with van der Waals surface area (Å²) in [6.07, 6.45) is 1.25. The zero-order valence-corrected chi connectivity index (χ0v) is 17.2. The maximum absolute atomic E-state index is 12.7. The van der Waals surface area contributed by atoms with Gasteiger partial charge in [-0.3, -0.25) is 0 Å². The molecule has 0 aliphatic rings. The monoisotopic (exact) mass is 427 g/mol. The summed E-state index contributed by atoms with van der Waals surface area (Å²) < 4.78 is 5.72. The normalized spacial score (nSPS) is 10.5. The molecule has 0 spiro atoms. The molecule has 2 aromatic carbocycles. The van der Waals surface area contributed by atoms with Crippen LogP contribution in [0.1, 0.15) is 32.0 Å². The van der Waals surface area contributed by atoms with Crippen LogP contribution in [0, 0.1) is 13.8 Å². The van der Waals surface area contributed by atoms with E-state index in [-0.39, 0.29) is 11.3 Å².